The molecule has 4 heterocycles. The van der Waals surface area contributed by atoms with Crippen LogP contribution in [0.3, 0.4) is 0 Å². The maximum Gasteiger partial charge on any atom is 0.261 e. The van der Waals surface area contributed by atoms with Gasteiger partial charge in [-0.05, 0) is 30.7 Å². The highest BCUT2D eigenvalue weighted by Crippen LogP contribution is 2.24. The highest BCUT2D eigenvalue weighted by atomic mass is 32.1. The molecule has 1 saturated heterocycles. The topological polar surface area (TPSA) is 84.5 Å². The number of aromatic nitrogens is 3. The highest BCUT2D eigenvalue weighted by molar-refractivity contribution is 7.13. The molecule has 0 N–H and O–H groups in total. The fraction of sp³-hybridized carbons (Fsp3) is 0.304. The number of thiazole rings is 1. The van der Waals surface area contributed by atoms with Crippen LogP contribution in [0.25, 0.3) is 21.7 Å². The maximum atomic E-state index is 12.8. The summed E-state index contributed by atoms with van der Waals surface area (Å²) in [6, 6.07) is 9.28. The predicted molar refractivity (Wildman–Crippen MR) is 122 cm³/mol. The van der Waals surface area contributed by atoms with E-state index in [1.54, 1.807) is 23.7 Å². The number of para-hydroxylation sites is 1. The third-order valence-corrected chi connectivity index (χ3v) is 6.66. The van der Waals surface area contributed by atoms with Crippen molar-refractivity contribution in [1.82, 2.24) is 24.3 Å². The van der Waals surface area contributed by atoms with Crippen LogP contribution in [0.2, 0.25) is 0 Å². The maximum absolute atomic E-state index is 12.8. The average molecular weight is 450 g/mol. The van der Waals surface area contributed by atoms with E-state index in [0.29, 0.717) is 24.0 Å². The fourth-order valence-electron chi connectivity index (χ4n) is 3.97. The van der Waals surface area contributed by atoms with Gasteiger partial charge in [0.2, 0.25) is 5.91 Å². The van der Waals surface area contributed by atoms with Gasteiger partial charge in [-0.3, -0.25) is 19.1 Å². The van der Waals surface area contributed by atoms with E-state index in [1.807, 2.05) is 36.1 Å². The second-order valence-corrected chi connectivity index (χ2v) is 8.79. The first-order valence-electron chi connectivity index (χ1n) is 10.5. The molecule has 8 nitrogen and oxygen atoms in total. The Balaban J connectivity index is 1.19. The Morgan fingerprint density at radius 3 is 2.78 bits per heavy atom. The van der Waals surface area contributed by atoms with Crippen LogP contribution in [0, 0.1) is 6.92 Å². The third kappa shape index (κ3) is 4.09. The van der Waals surface area contributed by atoms with Gasteiger partial charge in [-0.2, -0.15) is 0 Å². The molecule has 3 aromatic heterocycles. The van der Waals surface area contributed by atoms with Crippen LogP contribution in [-0.4, -0.2) is 56.4 Å². The summed E-state index contributed by atoms with van der Waals surface area (Å²) >= 11 is 1.57. The van der Waals surface area contributed by atoms with Crippen LogP contribution in [0.15, 0.2) is 57.5 Å². The normalized spacial score (nSPS) is 14.8. The average Bonchev–Trinajstić information content (AvgIpc) is 3.49. The lowest BCUT2D eigenvalue weighted by Gasteiger charge is -2.34. The molecule has 164 valence electrons. The lowest BCUT2D eigenvalue weighted by molar-refractivity contribution is -0.133. The van der Waals surface area contributed by atoms with Crippen molar-refractivity contribution < 1.29 is 9.21 Å². The molecule has 0 bridgehead atoms. The SMILES string of the molecule is Cc1cccc2c(=O)n(CC(=O)N3CCN(Cc4csc(-c5ccco5)n4)CC3)cnc12. The minimum atomic E-state index is -0.179. The van der Waals surface area contributed by atoms with Gasteiger partial charge in [-0.25, -0.2) is 9.97 Å². The van der Waals surface area contributed by atoms with Crippen LogP contribution >= 0.6 is 11.3 Å². The van der Waals surface area contributed by atoms with E-state index < -0.39 is 0 Å². The van der Waals surface area contributed by atoms with Crippen molar-refractivity contribution in [3.8, 4) is 10.8 Å². The van der Waals surface area contributed by atoms with Crippen molar-refractivity contribution in [3.05, 3.63) is 69.9 Å². The number of aryl methyl sites for hydroxylation is 1. The van der Waals surface area contributed by atoms with Gasteiger partial charge < -0.3 is 9.32 Å². The number of carbonyl (C=O) groups excluding carboxylic acids is 1. The van der Waals surface area contributed by atoms with Gasteiger partial charge in [0, 0.05) is 38.1 Å². The number of amides is 1. The van der Waals surface area contributed by atoms with Gasteiger partial charge in [0.05, 0.1) is 29.2 Å². The Morgan fingerprint density at radius 1 is 1.16 bits per heavy atom. The van der Waals surface area contributed by atoms with Crippen LogP contribution in [-0.2, 0) is 17.9 Å². The standard InChI is InChI=1S/C23H23N5O3S/c1-16-4-2-5-18-21(16)24-15-28(23(18)30)13-20(29)27-9-7-26(8-10-27)12-17-14-32-22(25-17)19-6-3-11-31-19/h2-6,11,14-15H,7-10,12-13H2,1H3. The summed E-state index contributed by atoms with van der Waals surface area (Å²) in [4.78, 5) is 38.7. The number of furan rings is 1. The molecule has 0 aliphatic carbocycles. The fourth-order valence-corrected chi connectivity index (χ4v) is 4.75. The Labute approximate surface area is 188 Å². The van der Waals surface area contributed by atoms with Gasteiger partial charge in [0.25, 0.3) is 5.56 Å². The van der Waals surface area contributed by atoms with Crippen LogP contribution in [0.4, 0.5) is 0 Å². The van der Waals surface area contributed by atoms with Crippen molar-refractivity contribution in [2.45, 2.75) is 20.0 Å². The number of fused-ring (bicyclic) bond motifs is 1. The minimum Gasteiger partial charge on any atom is -0.462 e. The molecule has 9 heteroatoms. The number of hydrogen-bond donors (Lipinski definition) is 0. The number of piperazine rings is 1. The van der Waals surface area contributed by atoms with E-state index in [4.69, 9.17) is 4.42 Å². The second kappa shape index (κ2) is 8.68. The summed E-state index contributed by atoms with van der Waals surface area (Å²) in [6.07, 6.45) is 3.13. The zero-order chi connectivity index (χ0) is 22.1. The summed E-state index contributed by atoms with van der Waals surface area (Å²) in [5, 5.41) is 3.47. The zero-order valence-corrected chi connectivity index (χ0v) is 18.5. The van der Waals surface area contributed by atoms with Crippen LogP contribution < -0.4 is 5.56 Å². The number of benzene rings is 1. The number of nitrogens with zero attached hydrogens (tertiary/aromatic N) is 5. The Morgan fingerprint density at radius 2 is 2.00 bits per heavy atom. The quantitative estimate of drug-likeness (QED) is 0.466. The molecule has 0 atom stereocenters. The van der Waals surface area contributed by atoms with E-state index in [9.17, 15) is 9.59 Å². The van der Waals surface area contributed by atoms with Crippen molar-refractivity contribution in [3.63, 3.8) is 0 Å². The second-order valence-electron chi connectivity index (χ2n) is 7.93. The van der Waals surface area contributed by atoms with E-state index in [2.05, 4.69) is 20.2 Å². The van der Waals surface area contributed by atoms with E-state index in [1.165, 1.54) is 10.9 Å². The molecule has 0 saturated carbocycles. The summed E-state index contributed by atoms with van der Waals surface area (Å²) < 4.78 is 6.82. The first kappa shape index (κ1) is 20.6. The summed E-state index contributed by atoms with van der Waals surface area (Å²) in [5.41, 5.74) is 2.46. The van der Waals surface area contributed by atoms with Gasteiger partial charge >= 0.3 is 0 Å². The lowest BCUT2D eigenvalue weighted by Crippen LogP contribution is -2.49. The molecule has 5 rings (SSSR count). The van der Waals surface area contributed by atoms with Crippen molar-refractivity contribution in [2.24, 2.45) is 0 Å². The van der Waals surface area contributed by atoms with E-state index >= 15 is 0 Å². The first-order valence-corrected chi connectivity index (χ1v) is 11.4. The predicted octanol–water partition coefficient (Wildman–Crippen LogP) is 2.77. The van der Waals surface area contributed by atoms with Gasteiger partial charge in [-0.15, -0.1) is 11.3 Å². The zero-order valence-electron chi connectivity index (χ0n) is 17.7. The minimum absolute atomic E-state index is 0.00824. The first-order chi connectivity index (χ1) is 15.6. The van der Waals surface area contributed by atoms with E-state index in [0.717, 1.165) is 41.7 Å². The Kier molecular flexibility index (Phi) is 5.59. The number of hydrogen-bond acceptors (Lipinski definition) is 7. The molecule has 0 radical (unpaired) electrons. The van der Waals surface area contributed by atoms with E-state index in [-0.39, 0.29) is 18.0 Å². The smallest absolute Gasteiger partial charge is 0.261 e. The summed E-state index contributed by atoms with van der Waals surface area (Å²) in [7, 11) is 0. The van der Waals surface area contributed by atoms with Gasteiger partial charge in [0.15, 0.2) is 10.8 Å². The molecule has 1 aliphatic heterocycles. The van der Waals surface area contributed by atoms with Crippen LogP contribution in [0.1, 0.15) is 11.3 Å². The molecule has 32 heavy (non-hydrogen) atoms. The van der Waals surface area contributed by atoms with Crippen molar-refractivity contribution in [2.75, 3.05) is 26.2 Å². The molecule has 0 spiro atoms. The molecule has 0 unspecified atom stereocenters. The molecular formula is C23H23N5O3S. The number of rotatable bonds is 5. The van der Waals surface area contributed by atoms with Crippen molar-refractivity contribution >= 4 is 28.1 Å². The summed E-state index contributed by atoms with van der Waals surface area (Å²) in [6.45, 7) is 5.47. The largest absolute Gasteiger partial charge is 0.462 e. The lowest BCUT2D eigenvalue weighted by atomic mass is 10.1. The van der Waals surface area contributed by atoms with Crippen LogP contribution in [0.5, 0.6) is 0 Å². The molecule has 1 aliphatic rings. The molecule has 1 amide bonds. The molecule has 1 fully saturated rings. The molecule has 1 aromatic carbocycles. The molecular weight excluding hydrogens is 426 g/mol. The Hall–Kier alpha value is -3.30. The summed E-state index contributed by atoms with van der Waals surface area (Å²) in [5.74, 6) is 0.722. The number of carbonyl (C=O) groups is 1. The Bertz CT molecular complexity index is 1300. The third-order valence-electron chi connectivity index (χ3n) is 5.76. The van der Waals surface area contributed by atoms with Gasteiger partial charge in [0.1, 0.15) is 6.54 Å². The molecule has 4 aromatic rings. The highest BCUT2D eigenvalue weighted by Gasteiger charge is 2.22. The van der Waals surface area contributed by atoms with Gasteiger partial charge in [-0.1, -0.05) is 12.1 Å². The monoisotopic (exact) mass is 449 g/mol. The van der Waals surface area contributed by atoms with Crippen molar-refractivity contribution in [1.29, 1.82) is 0 Å².